The van der Waals surface area contributed by atoms with Crippen LogP contribution in [0.15, 0.2) is 52.7 Å². The number of fused-ring (bicyclic) bond motifs is 1. The molecule has 0 unspecified atom stereocenters. The minimum Gasteiger partial charge on any atom is -0.491 e. The minimum absolute atomic E-state index is 0.147. The summed E-state index contributed by atoms with van der Waals surface area (Å²) < 4.78 is 40.2. The number of benzene rings is 1. The number of ether oxygens (including phenoxy) is 2. The molecule has 0 atom stereocenters. The van der Waals surface area contributed by atoms with E-state index in [-0.39, 0.29) is 22.8 Å². The lowest BCUT2D eigenvalue weighted by Crippen LogP contribution is -2.38. The van der Waals surface area contributed by atoms with Gasteiger partial charge >= 0.3 is 0 Å². The molecule has 4 rings (SSSR count). The second kappa shape index (κ2) is 10.5. The first-order chi connectivity index (χ1) is 16.9. The summed E-state index contributed by atoms with van der Waals surface area (Å²) in [6, 6.07) is 11.6. The maximum atomic E-state index is 13.3. The van der Waals surface area contributed by atoms with E-state index >= 15 is 0 Å². The van der Waals surface area contributed by atoms with Gasteiger partial charge in [0.25, 0.3) is 10.0 Å². The van der Waals surface area contributed by atoms with Gasteiger partial charge in [-0.15, -0.1) is 0 Å². The first kappa shape index (κ1) is 24.2. The second-order valence-electron chi connectivity index (χ2n) is 7.72. The molecule has 11 nitrogen and oxygen atoms in total. The summed E-state index contributed by atoms with van der Waals surface area (Å²) in [5.74, 6) is 0.147. The number of aromatic nitrogens is 2. The van der Waals surface area contributed by atoms with E-state index in [2.05, 4.69) is 21.2 Å². The van der Waals surface area contributed by atoms with Gasteiger partial charge < -0.3 is 9.47 Å². The molecular formula is C23H23N7O4S. The van der Waals surface area contributed by atoms with E-state index in [9.17, 15) is 13.7 Å². The van der Waals surface area contributed by atoms with Crippen LogP contribution in [0.1, 0.15) is 16.7 Å². The zero-order chi connectivity index (χ0) is 24.8. The Bertz CT molecular complexity index is 1430. The van der Waals surface area contributed by atoms with Crippen LogP contribution in [0.4, 0.5) is 0 Å². The van der Waals surface area contributed by atoms with Gasteiger partial charge in [-0.3, -0.25) is 4.90 Å². The van der Waals surface area contributed by atoms with Gasteiger partial charge in [0.15, 0.2) is 0 Å². The maximum absolute atomic E-state index is 13.3. The SMILES string of the molecule is CN(/N=C/c1cnn2ccc(C#N)cc12)S(=O)(=O)c1cc(C#N)ccc1OCCN1CCOCC1. The Hall–Kier alpha value is -3.97. The summed E-state index contributed by atoms with van der Waals surface area (Å²) in [5.41, 5.74) is 1.78. The van der Waals surface area contributed by atoms with Gasteiger partial charge in [-0.25, -0.2) is 4.52 Å². The molecule has 0 bridgehead atoms. The van der Waals surface area contributed by atoms with E-state index in [0.29, 0.717) is 36.4 Å². The molecular weight excluding hydrogens is 470 g/mol. The highest BCUT2D eigenvalue weighted by Gasteiger charge is 2.25. The number of hydrogen-bond donors (Lipinski definition) is 0. The molecule has 3 heterocycles. The predicted molar refractivity (Wildman–Crippen MR) is 126 cm³/mol. The molecule has 0 amide bonds. The molecule has 0 N–H and O–H groups in total. The Labute approximate surface area is 203 Å². The largest absolute Gasteiger partial charge is 0.491 e. The van der Waals surface area contributed by atoms with Crippen LogP contribution in [0.2, 0.25) is 0 Å². The van der Waals surface area contributed by atoms with Crippen molar-refractivity contribution in [2.24, 2.45) is 5.10 Å². The van der Waals surface area contributed by atoms with Crippen LogP contribution >= 0.6 is 0 Å². The van der Waals surface area contributed by atoms with E-state index in [4.69, 9.17) is 14.7 Å². The lowest BCUT2D eigenvalue weighted by Gasteiger charge is -2.26. The molecule has 1 fully saturated rings. The number of hydrazone groups is 1. The molecule has 0 radical (unpaired) electrons. The van der Waals surface area contributed by atoms with Crippen LogP contribution < -0.4 is 4.74 Å². The third-order valence-electron chi connectivity index (χ3n) is 5.51. The van der Waals surface area contributed by atoms with Gasteiger partial charge in [0.05, 0.1) is 54.4 Å². The standard InChI is InChI=1S/C23H23N7O4S/c1-28(26-16-20-17-27-30-5-4-19(15-25)12-21(20)30)35(31,32)23-13-18(14-24)2-3-22(23)34-11-8-29-6-9-33-10-7-29/h2-5,12-13,16-17H,6-11H2,1H3/b26-16+. The molecule has 2 aromatic heterocycles. The summed E-state index contributed by atoms with van der Waals surface area (Å²) in [5, 5.41) is 26.7. The van der Waals surface area contributed by atoms with Crippen molar-refractivity contribution >= 4 is 21.8 Å². The first-order valence-electron chi connectivity index (χ1n) is 10.8. The van der Waals surface area contributed by atoms with Crippen molar-refractivity contribution in [1.29, 1.82) is 10.5 Å². The molecule has 1 saturated heterocycles. The van der Waals surface area contributed by atoms with Crippen LogP contribution in [0, 0.1) is 22.7 Å². The number of sulfonamides is 1. The van der Waals surface area contributed by atoms with Crippen molar-refractivity contribution in [3.8, 4) is 17.9 Å². The van der Waals surface area contributed by atoms with Crippen molar-refractivity contribution in [3.63, 3.8) is 0 Å². The fraction of sp³-hybridized carbons (Fsp3) is 0.304. The zero-order valence-electron chi connectivity index (χ0n) is 19.0. The first-order valence-corrected chi connectivity index (χ1v) is 12.2. The highest BCUT2D eigenvalue weighted by molar-refractivity contribution is 7.89. The van der Waals surface area contributed by atoms with Crippen LogP contribution in [-0.2, 0) is 14.8 Å². The average Bonchev–Trinajstić information content (AvgIpc) is 3.30. The Morgan fingerprint density at radius 3 is 2.69 bits per heavy atom. The normalized spacial score (nSPS) is 14.6. The van der Waals surface area contributed by atoms with Gasteiger partial charge in [0.1, 0.15) is 17.3 Å². The lowest BCUT2D eigenvalue weighted by atomic mass is 10.2. The number of hydrogen-bond acceptors (Lipinski definition) is 9. The maximum Gasteiger partial charge on any atom is 0.282 e. The van der Waals surface area contributed by atoms with Gasteiger partial charge in [-0.05, 0) is 30.3 Å². The monoisotopic (exact) mass is 493 g/mol. The molecule has 1 aromatic carbocycles. The smallest absolute Gasteiger partial charge is 0.282 e. The molecule has 35 heavy (non-hydrogen) atoms. The number of rotatable bonds is 8. The number of nitrogens with zero attached hydrogens (tertiary/aromatic N) is 7. The molecule has 3 aromatic rings. The van der Waals surface area contributed by atoms with E-state index in [1.165, 1.54) is 37.7 Å². The number of morpholine rings is 1. The highest BCUT2D eigenvalue weighted by Crippen LogP contribution is 2.28. The van der Waals surface area contributed by atoms with E-state index in [0.717, 1.165) is 17.5 Å². The molecule has 1 aliphatic heterocycles. The number of pyridine rings is 1. The lowest BCUT2D eigenvalue weighted by molar-refractivity contribution is 0.0321. The Balaban J connectivity index is 1.55. The van der Waals surface area contributed by atoms with Crippen LogP contribution in [0.25, 0.3) is 5.52 Å². The fourth-order valence-electron chi connectivity index (χ4n) is 3.52. The van der Waals surface area contributed by atoms with Crippen molar-refractivity contribution in [3.05, 3.63) is 59.4 Å². The van der Waals surface area contributed by atoms with E-state index in [1.54, 1.807) is 22.8 Å². The minimum atomic E-state index is -4.13. The topological polar surface area (TPSA) is 136 Å². The molecule has 0 spiro atoms. The van der Waals surface area contributed by atoms with E-state index in [1.807, 2.05) is 6.07 Å². The van der Waals surface area contributed by atoms with Gasteiger partial charge in [0, 0.05) is 38.4 Å². The van der Waals surface area contributed by atoms with Gasteiger partial charge in [0.2, 0.25) is 0 Å². The fourth-order valence-corrected chi connectivity index (χ4v) is 4.64. The van der Waals surface area contributed by atoms with E-state index < -0.39 is 10.0 Å². The summed E-state index contributed by atoms with van der Waals surface area (Å²) in [6.07, 6.45) is 4.52. The van der Waals surface area contributed by atoms with Crippen LogP contribution in [-0.4, -0.2) is 80.1 Å². The van der Waals surface area contributed by atoms with Crippen LogP contribution in [0.3, 0.4) is 0 Å². The number of nitriles is 2. The predicted octanol–water partition coefficient (Wildman–Crippen LogP) is 1.44. The zero-order valence-corrected chi connectivity index (χ0v) is 19.8. The quantitative estimate of drug-likeness (QED) is 0.340. The Morgan fingerprint density at radius 2 is 1.94 bits per heavy atom. The molecule has 1 aliphatic rings. The van der Waals surface area contributed by atoms with Crippen molar-refractivity contribution in [1.82, 2.24) is 18.9 Å². The average molecular weight is 494 g/mol. The van der Waals surface area contributed by atoms with Crippen molar-refractivity contribution in [2.75, 3.05) is 46.5 Å². The third kappa shape index (κ3) is 5.41. The van der Waals surface area contributed by atoms with Gasteiger partial charge in [-0.2, -0.15) is 33.6 Å². The highest BCUT2D eigenvalue weighted by atomic mass is 32.2. The van der Waals surface area contributed by atoms with Crippen LogP contribution in [0.5, 0.6) is 5.75 Å². The summed E-state index contributed by atoms with van der Waals surface area (Å²) >= 11 is 0. The summed E-state index contributed by atoms with van der Waals surface area (Å²) in [4.78, 5) is 2.02. The summed E-state index contributed by atoms with van der Waals surface area (Å²) in [6.45, 7) is 3.80. The Kier molecular flexibility index (Phi) is 7.27. The Morgan fingerprint density at radius 1 is 1.20 bits per heavy atom. The van der Waals surface area contributed by atoms with Crippen molar-refractivity contribution < 1.29 is 17.9 Å². The second-order valence-corrected chi connectivity index (χ2v) is 9.64. The van der Waals surface area contributed by atoms with Gasteiger partial charge in [-0.1, -0.05) is 0 Å². The third-order valence-corrected chi connectivity index (χ3v) is 7.17. The molecule has 0 saturated carbocycles. The molecule has 12 heteroatoms. The summed E-state index contributed by atoms with van der Waals surface area (Å²) in [7, 11) is -2.83. The molecule has 0 aliphatic carbocycles. The molecule has 180 valence electrons. The van der Waals surface area contributed by atoms with Crippen molar-refractivity contribution in [2.45, 2.75) is 4.90 Å².